The lowest BCUT2D eigenvalue weighted by atomic mass is 10.1. The van der Waals surface area contributed by atoms with Gasteiger partial charge in [0.25, 0.3) is 0 Å². The van der Waals surface area contributed by atoms with Gasteiger partial charge in [-0.3, -0.25) is 0 Å². The molecular formula is C14H22N6O. The van der Waals surface area contributed by atoms with Crippen molar-refractivity contribution in [3.8, 4) is 11.4 Å². The Hall–Kier alpha value is -2.15. The Morgan fingerprint density at radius 2 is 2.10 bits per heavy atom. The van der Waals surface area contributed by atoms with E-state index in [-0.39, 0.29) is 0 Å². The number of hydrogen-bond acceptors (Lipinski definition) is 6. The van der Waals surface area contributed by atoms with Crippen molar-refractivity contribution in [2.24, 2.45) is 5.92 Å². The Kier molecular flexibility index (Phi) is 5.10. The number of nitrogen functional groups attached to an aromatic ring is 2. The molecule has 0 fully saturated rings. The molecule has 0 amide bonds. The van der Waals surface area contributed by atoms with Crippen LogP contribution in [0.2, 0.25) is 0 Å². The molecule has 0 aliphatic rings. The van der Waals surface area contributed by atoms with E-state index in [1.807, 2.05) is 6.07 Å². The molecule has 0 spiro atoms. The van der Waals surface area contributed by atoms with Crippen LogP contribution in [0, 0.1) is 5.92 Å². The Morgan fingerprint density at radius 3 is 2.81 bits per heavy atom. The minimum absolute atomic E-state index is 0.545. The third-order valence-corrected chi connectivity index (χ3v) is 2.96. The average molecular weight is 290 g/mol. The summed E-state index contributed by atoms with van der Waals surface area (Å²) in [4.78, 5) is 0. The van der Waals surface area contributed by atoms with Crippen LogP contribution in [0.15, 0.2) is 18.2 Å². The summed E-state index contributed by atoms with van der Waals surface area (Å²) in [5.41, 5.74) is 13.7. The first-order valence-corrected chi connectivity index (χ1v) is 7.07. The summed E-state index contributed by atoms with van der Waals surface area (Å²) in [6, 6.07) is 5.33. The van der Waals surface area contributed by atoms with Gasteiger partial charge in [-0.25, -0.2) is 4.68 Å². The molecule has 7 nitrogen and oxygen atoms in total. The normalized spacial score (nSPS) is 11.2. The first-order chi connectivity index (χ1) is 10.1. The van der Waals surface area contributed by atoms with Gasteiger partial charge in [-0.1, -0.05) is 13.8 Å². The van der Waals surface area contributed by atoms with Crippen LogP contribution in [-0.4, -0.2) is 33.4 Å². The monoisotopic (exact) mass is 290 g/mol. The summed E-state index contributed by atoms with van der Waals surface area (Å²) in [6.07, 6.45) is 0.847. The van der Waals surface area contributed by atoms with Crippen LogP contribution in [0.3, 0.4) is 0 Å². The molecule has 1 heterocycles. The van der Waals surface area contributed by atoms with Crippen molar-refractivity contribution in [2.75, 3.05) is 24.7 Å². The van der Waals surface area contributed by atoms with Crippen molar-refractivity contribution in [3.05, 3.63) is 18.2 Å². The van der Waals surface area contributed by atoms with E-state index in [2.05, 4.69) is 29.4 Å². The lowest BCUT2D eigenvalue weighted by Gasteiger charge is -2.09. The summed E-state index contributed by atoms with van der Waals surface area (Å²) in [7, 11) is 0. The van der Waals surface area contributed by atoms with Gasteiger partial charge < -0.3 is 16.2 Å². The van der Waals surface area contributed by atoms with E-state index in [0.717, 1.165) is 18.6 Å². The number of anilines is 2. The predicted molar refractivity (Wildman–Crippen MR) is 82.4 cm³/mol. The number of rotatable bonds is 7. The largest absolute Gasteiger partial charge is 0.399 e. The highest BCUT2D eigenvalue weighted by Crippen LogP contribution is 2.25. The first kappa shape index (κ1) is 15.2. The number of aryl methyl sites for hydroxylation is 1. The molecule has 0 unspecified atom stereocenters. The fourth-order valence-electron chi connectivity index (χ4n) is 1.97. The maximum atomic E-state index is 5.98. The number of nitrogens with two attached hydrogens (primary N) is 2. The second-order valence-electron chi connectivity index (χ2n) is 5.39. The zero-order valence-electron chi connectivity index (χ0n) is 12.5. The number of hydrogen-bond donors (Lipinski definition) is 2. The van der Waals surface area contributed by atoms with Crippen LogP contribution in [0.5, 0.6) is 0 Å². The summed E-state index contributed by atoms with van der Waals surface area (Å²) in [5.74, 6) is 1.19. The molecule has 21 heavy (non-hydrogen) atoms. The maximum Gasteiger partial charge on any atom is 0.184 e. The molecule has 0 saturated carbocycles. The Labute approximate surface area is 124 Å². The molecule has 7 heteroatoms. The summed E-state index contributed by atoms with van der Waals surface area (Å²) >= 11 is 0. The van der Waals surface area contributed by atoms with Crippen molar-refractivity contribution in [1.29, 1.82) is 0 Å². The lowest BCUT2D eigenvalue weighted by Crippen LogP contribution is -2.09. The van der Waals surface area contributed by atoms with Gasteiger partial charge >= 0.3 is 0 Å². The van der Waals surface area contributed by atoms with Crippen LogP contribution in [0.25, 0.3) is 11.4 Å². The molecule has 0 radical (unpaired) electrons. The molecule has 114 valence electrons. The van der Waals surface area contributed by atoms with Crippen LogP contribution in [0.4, 0.5) is 11.4 Å². The van der Waals surface area contributed by atoms with E-state index in [4.69, 9.17) is 16.2 Å². The lowest BCUT2D eigenvalue weighted by molar-refractivity contribution is 0.105. The van der Waals surface area contributed by atoms with E-state index in [1.165, 1.54) is 0 Å². The van der Waals surface area contributed by atoms with Crippen LogP contribution < -0.4 is 11.5 Å². The number of tetrazole rings is 1. The second-order valence-corrected chi connectivity index (χ2v) is 5.39. The quantitative estimate of drug-likeness (QED) is 0.592. The van der Waals surface area contributed by atoms with Crippen molar-refractivity contribution in [2.45, 2.75) is 26.8 Å². The first-order valence-electron chi connectivity index (χ1n) is 7.07. The van der Waals surface area contributed by atoms with Gasteiger partial charge in [-0.05, 0) is 41.0 Å². The number of ether oxygens (including phenoxy) is 1. The van der Waals surface area contributed by atoms with Crippen LogP contribution in [-0.2, 0) is 11.3 Å². The topological polar surface area (TPSA) is 105 Å². The second kappa shape index (κ2) is 7.03. The highest BCUT2D eigenvalue weighted by Gasteiger charge is 2.11. The van der Waals surface area contributed by atoms with Crippen molar-refractivity contribution in [1.82, 2.24) is 20.2 Å². The van der Waals surface area contributed by atoms with Gasteiger partial charge in [0.2, 0.25) is 0 Å². The van der Waals surface area contributed by atoms with Gasteiger partial charge in [-0.2, -0.15) is 0 Å². The summed E-state index contributed by atoms with van der Waals surface area (Å²) < 4.78 is 7.29. The number of benzene rings is 1. The molecule has 2 rings (SSSR count). The molecule has 1 aromatic carbocycles. The average Bonchev–Trinajstić information content (AvgIpc) is 2.86. The predicted octanol–water partition coefficient (Wildman–Crippen LogP) is 1.57. The summed E-state index contributed by atoms with van der Waals surface area (Å²) in [5, 5.41) is 11.8. The molecule has 0 saturated heterocycles. The zero-order valence-corrected chi connectivity index (χ0v) is 12.5. The third kappa shape index (κ3) is 4.16. The number of aromatic nitrogens is 4. The molecule has 0 bridgehead atoms. The third-order valence-electron chi connectivity index (χ3n) is 2.96. The van der Waals surface area contributed by atoms with Crippen molar-refractivity contribution in [3.63, 3.8) is 0 Å². The van der Waals surface area contributed by atoms with E-state index in [1.54, 1.807) is 16.8 Å². The Bertz CT molecular complexity index is 581. The van der Waals surface area contributed by atoms with E-state index < -0.39 is 0 Å². The fraction of sp³-hybridized carbons (Fsp3) is 0.500. The van der Waals surface area contributed by atoms with Gasteiger partial charge in [-0.15, -0.1) is 5.10 Å². The minimum atomic E-state index is 0.545. The molecule has 1 aromatic heterocycles. The Balaban J connectivity index is 1.98. The molecular weight excluding hydrogens is 268 g/mol. The van der Waals surface area contributed by atoms with Crippen molar-refractivity contribution >= 4 is 11.4 Å². The molecule has 0 aliphatic heterocycles. The minimum Gasteiger partial charge on any atom is -0.399 e. The molecule has 0 aliphatic carbocycles. The van der Waals surface area contributed by atoms with E-state index in [0.29, 0.717) is 36.3 Å². The van der Waals surface area contributed by atoms with E-state index in [9.17, 15) is 0 Å². The molecule has 4 N–H and O–H groups in total. The van der Waals surface area contributed by atoms with E-state index >= 15 is 0 Å². The van der Waals surface area contributed by atoms with Gasteiger partial charge in [0.05, 0.1) is 0 Å². The highest BCUT2D eigenvalue weighted by molar-refractivity contribution is 5.74. The van der Waals surface area contributed by atoms with Gasteiger partial charge in [0, 0.05) is 36.7 Å². The zero-order chi connectivity index (χ0) is 15.2. The molecule has 0 atom stereocenters. The fourth-order valence-corrected chi connectivity index (χ4v) is 1.97. The smallest absolute Gasteiger partial charge is 0.184 e. The standard InChI is InChI=1S/C14H22N6O/c1-10(2)9-21-7-3-6-20-14(17-18-19-20)12-5-4-11(15)8-13(12)16/h4-5,8,10H,3,6-7,9,15-16H2,1-2H3. The van der Waals surface area contributed by atoms with Crippen molar-refractivity contribution < 1.29 is 4.74 Å². The summed E-state index contributed by atoms with van der Waals surface area (Å²) in [6.45, 7) is 6.40. The highest BCUT2D eigenvalue weighted by atomic mass is 16.5. The Morgan fingerprint density at radius 1 is 1.29 bits per heavy atom. The molecule has 2 aromatic rings. The SMILES string of the molecule is CC(C)COCCCn1nnnc1-c1ccc(N)cc1N. The van der Waals surface area contributed by atoms with Gasteiger partial charge in [0.15, 0.2) is 5.82 Å². The number of nitrogens with zero attached hydrogens (tertiary/aromatic N) is 4. The maximum absolute atomic E-state index is 5.98. The van der Waals surface area contributed by atoms with Crippen LogP contribution >= 0.6 is 0 Å². The van der Waals surface area contributed by atoms with Gasteiger partial charge in [0.1, 0.15) is 0 Å². The van der Waals surface area contributed by atoms with Crippen LogP contribution in [0.1, 0.15) is 20.3 Å².